The van der Waals surface area contributed by atoms with Gasteiger partial charge in [0, 0.05) is 11.6 Å². The van der Waals surface area contributed by atoms with E-state index in [1.54, 1.807) is 26.4 Å². The molecule has 0 radical (unpaired) electrons. The predicted molar refractivity (Wildman–Crippen MR) is 88.6 cm³/mol. The van der Waals surface area contributed by atoms with Crippen LogP contribution in [0.2, 0.25) is 0 Å². The molecule has 2 aromatic rings. The van der Waals surface area contributed by atoms with Crippen molar-refractivity contribution in [1.29, 1.82) is 0 Å². The summed E-state index contributed by atoms with van der Waals surface area (Å²) in [6.45, 7) is 0. The highest BCUT2D eigenvalue weighted by Crippen LogP contribution is 2.25. The highest BCUT2D eigenvalue weighted by Gasteiger charge is 2.21. The van der Waals surface area contributed by atoms with Gasteiger partial charge in [-0.05, 0) is 23.8 Å². The first-order valence-electron chi connectivity index (χ1n) is 7.10. The van der Waals surface area contributed by atoms with Gasteiger partial charge >= 0.3 is 0 Å². The molecule has 0 aliphatic carbocycles. The largest absolute Gasteiger partial charge is 0.497 e. The summed E-state index contributed by atoms with van der Waals surface area (Å²) in [4.78, 5) is 16.5. The number of ether oxygens (including phenoxy) is 2. The minimum absolute atomic E-state index is 0.231. The van der Waals surface area contributed by atoms with Crippen molar-refractivity contribution < 1.29 is 14.3 Å². The van der Waals surface area contributed by atoms with Gasteiger partial charge in [0.15, 0.2) is 0 Å². The molecule has 2 aromatic carbocycles. The molecule has 0 bridgehead atoms. The lowest BCUT2D eigenvalue weighted by molar-refractivity contribution is -0.115. The minimum atomic E-state index is -0.231. The topological polar surface area (TPSA) is 59.9 Å². The molecule has 1 aliphatic heterocycles. The average Bonchev–Trinajstić information content (AvgIpc) is 2.96. The number of rotatable bonds is 4. The molecule has 0 unspecified atom stereocenters. The van der Waals surface area contributed by atoms with Crippen LogP contribution >= 0.6 is 0 Å². The van der Waals surface area contributed by atoms with Gasteiger partial charge in [-0.3, -0.25) is 4.79 Å². The van der Waals surface area contributed by atoms with E-state index in [1.807, 2.05) is 42.5 Å². The van der Waals surface area contributed by atoms with Gasteiger partial charge in [-0.25, -0.2) is 4.99 Å². The summed E-state index contributed by atoms with van der Waals surface area (Å²) < 4.78 is 10.5. The summed E-state index contributed by atoms with van der Waals surface area (Å²) >= 11 is 0. The summed E-state index contributed by atoms with van der Waals surface area (Å²) in [5, 5.41) is 2.78. The van der Waals surface area contributed by atoms with Crippen LogP contribution in [0.5, 0.6) is 11.5 Å². The Labute approximate surface area is 134 Å². The first kappa shape index (κ1) is 14.8. The Bertz CT molecular complexity index is 773. The molecule has 0 atom stereocenters. The van der Waals surface area contributed by atoms with Gasteiger partial charge in [0.2, 0.25) is 0 Å². The maximum Gasteiger partial charge on any atom is 0.275 e. The fourth-order valence-corrected chi connectivity index (χ4v) is 2.27. The monoisotopic (exact) mass is 308 g/mol. The minimum Gasteiger partial charge on any atom is -0.497 e. The number of amides is 1. The summed E-state index contributed by atoms with van der Waals surface area (Å²) in [5.41, 5.74) is 2.00. The van der Waals surface area contributed by atoms with E-state index < -0.39 is 0 Å². The van der Waals surface area contributed by atoms with Crippen LogP contribution in [0.4, 0.5) is 0 Å². The van der Waals surface area contributed by atoms with E-state index in [1.165, 1.54) is 0 Å². The van der Waals surface area contributed by atoms with E-state index in [-0.39, 0.29) is 5.91 Å². The average molecular weight is 308 g/mol. The Morgan fingerprint density at radius 2 is 1.65 bits per heavy atom. The van der Waals surface area contributed by atoms with Gasteiger partial charge < -0.3 is 14.8 Å². The zero-order valence-electron chi connectivity index (χ0n) is 12.9. The number of nitrogens with zero attached hydrogens (tertiary/aromatic N) is 1. The smallest absolute Gasteiger partial charge is 0.275 e. The normalized spacial score (nSPS) is 15.3. The van der Waals surface area contributed by atoms with Gasteiger partial charge in [-0.2, -0.15) is 0 Å². The fourth-order valence-electron chi connectivity index (χ4n) is 2.27. The first-order chi connectivity index (χ1) is 11.2. The lowest BCUT2D eigenvalue weighted by atomic mass is 10.1. The van der Waals surface area contributed by atoms with Crippen molar-refractivity contribution in [1.82, 2.24) is 5.32 Å². The quantitative estimate of drug-likeness (QED) is 0.883. The molecule has 0 saturated carbocycles. The maximum atomic E-state index is 12.1. The Hall–Kier alpha value is -3.08. The molecular weight excluding hydrogens is 292 g/mol. The third-order valence-electron chi connectivity index (χ3n) is 3.42. The number of hydrogen-bond acceptors (Lipinski definition) is 4. The Morgan fingerprint density at radius 3 is 2.26 bits per heavy atom. The number of hydrogen-bond donors (Lipinski definition) is 1. The lowest BCUT2D eigenvalue weighted by Crippen LogP contribution is -2.24. The molecule has 0 saturated heterocycles. The van der Waals surface area contributed by atoms with Gasteiger partial charge in [0.05, 0.1) is 14.2 Å². The molecule has 1 aliphatic rings. The molecule has 5 nitrogen and oxygen atoms in total. The fraction of sp³-hybridized carbons (Fsp3) is 0.111. The van der Waals surface area contributed by atoms with Gasteiger partial charge in [0.25, 0.3) is 5.91 Å². The van der Waals surface area contributed by atoms with Crippen molar-refractivity contribution >= 4 is 17.8 Å². The van der Waals surface area contributed by atoms with Crippen LogP contribution in [0.25, 0.3) is 6.08 Å². The van der Waals surface area contributed by atoms with Crippen LogP contribution in [0.15, 0.2) is 59.2 Å². The van der Waals surface area contributed by atoms with E-state index in [0.717, 1.165) is 11.1 Å². The number of methoxy groups -OCH3 is 2. The van der Waals surface area contributed by atoms with Gasteiger partial charge in [0.1, 0.15) is 23.0 Å². The van der Waals surface area contributed by atoms with Crippen LogP contribution in [0, 0.1) is 0 Å². The van der Waals surface area contributed by atoms with Gasteiger partial charge in [-0.1, -0.05) is 30.3 Å². The number of benzene rings is 2. The van der Waals surface area contributed by atoms with Crippen molar-refractivity contribution in [2.24, 2.45) is 4.99 Å². The van der Waals surface area contributed by atoms with Crippen LogP contribution in [-0.2, 0) is 4.79 Å². The third-order valence-corrected chi connectivity index (χ3v) is 3.42. The molecule has 0 fully saturated rings. The van der Waals surface area contributed by atoms with E-state index in [0.29, 0.717) is 23.0 Å². The van der Waals surface area contributed by atoms with Crippen LogP contribution in [0.3, 0.4) is 0 Å². The number of carbonyl (C=O) groups excluding carboxylic acids is 1. The second-order valence-corrected chi connectivity index (χ2v) is 4.96. The number of aliphatic imine (C=N–C) groups is 1. The lowest BCUT2D eigenvalue weighted by Gasteiger charge is -2.05. The van der Waals surface area contributed by atoms with Crippen molar-refractivity contribution in [2.45, 2.75) is 0 Å². The number of amidine groups is 1. The molecular formula is C18H16N2O3. The Balaban J connectivity index is 1.96. The SMILES string of the molecule is COc1cc(/C=C2/N=C(c3ccccc3)NC2=O)cc(OC)c1. The second kappa shape index (κ2) is 6.36. The molecule has 23 heavy (non-hydrogen) atoms. The summed E-state index contributed by atoms with van der Waals surface area (Å²) in [6, 6.07) is 14.9. The molecule has 1 amide bonds. The summed E-state index contributed by atoms with van der Waals surface area (Å²) in [7, 11) is 3.17. The first-order valence-corrected chi connectivity index (χ1v) is 7.10. The predicted octanol–water partition coefficient (Wildman–Crippen LogP) is 2.62. The molecule has 0 spiro atoms. The van der Waals surface area contributed by atoms with Crippen molar-refractivity contribution in [2.75, 3.05) is 14.2 Å². The second-order valence-electron chi connectivity index (χ2n) is 4.96. The summed E-state index contributed by atoms with van der Waals surface area (Å²) in [5.74, 6) is 1.63. The van der Waals surface area contributed by atoms with Crippen molar-refractivity contribution in [3.05, 3.63) is 65.4 Å². The maximum absolute atomic E-state index is 12.1. The van der Waals surface area contributed by atoms with E-state index in [9.17, 15) is 4.79 Å². The zero-order valence-corrected chi connectivity index (χ0v) is 12.9. The molecule has 5 heteroatoms. The van der Waals surface area contributed by atoms with Crippen molar-refractivity contribution in [3.63, 3.8) is 0 Å². The number of carbonyl (C=O) groups is 1. The molecule has 1 heterocycles. The molecule has 1 N–H and O–H groups in total. The van der Waals surface area contributed by atoms with Gasteiger partial charge in [-0.15, -0.1) is 0 Å². The van der Waals surface area contributed by atoms with Crippen LogP contribution in [-0.4, -0.2) is 26.0 Å². The molecule has 3 rings (SSSR count). The van der Waals surface area contributed by atoms with E-state index in [4.69, 9.17) is 9.47 Å². The Morgan fingerprint density at radius 1 is 1.00 bits per heavy atom. The highest BCUT2D eigenvalue weighted by molar-refractivity contribution is 6.19. The van der Waals surface area contributed by atoms with Crippen LogP contribution < -0.4 is 14.8 Å². The van der Waals surface area contributed by atoms with Crippen molar-refractivity contribution in [3.8, 4) is 11.5 Å². The van der Waals surface area contributed by atoms with E-state index >= 15 is 0 Å². The summed E-state index contributed by atoms with van der Waals surface area (Å²) in [6.07, 6.45) is 1.70. The number of nitrogens with one attached hydrogen (secondary N) is 1. The van der Waals surface area contributed by atoms with Crippen LogP contribution in [0.1, 0.15) is 11.1 Å². The molecule has 0 aromatic heterocycles. The highest BCUT2D eigenvalue weighted by atomic mass is 16.5. The Kier molecular flexibility index (Phi) is 4.10. The third kappa shape index (κ3) is 3.23. The zero-order chi connectivity index (χ0) is 16.2. The molecule has 116 valence electrons. The van der Waals surface area contributed by atoms with E-state index in [2.05, 4.69) is 10.3 Å². The standard InChI is InChI=1S/C18H16N2O3/c1-22-14-8-12(9-15(11-14)23-2)10-16-18(21)20-17(19-16)13-6-4-3-5-7-13/h3-11H,1-2H3,(H,19,20,21)/b16-10+.